The maximum absolute atomic E-state index is 11.5. The van der Waals surface area contributed by atoms with E-state index in [0.29, 0.717) is 22.4 Å². The van der Waals surface area contributed by atoms with Gasteiger partial charge in [-0.15, -0.1) is 6.58 Å². The first-order valence-corrected chi connectivity index (χ1v) is 5.51. The predicted octanol–water partition coefficient (Wildman–Crippen LogP) is 2.03. The van der Waals surface area contributed by atoms with Crippen LogP contribution in [0.25, 0.3) is 6.08 Å². The number of carbonyl (C=O) groups is 1. The Balaban J connectivity index is 2.14. The fraction of sp³-hybridized carbons (Fsp3) is 0.0909. The van der Waals surface area contributed by atoms with Crippen LogP contribution in [0.15, 0.2) is 45.4 Å². The van der Waals surface area contributed by atoms with E-state index in [0.717, 1.165) is 0 Å². The fourth-order valence-electron chi connectivity index (χ4n) is 1.15. The van der Waals surface area contributed by atoms with Gasteiger partial charge in [0.05, 0.1) is 17.7 Å². The van der Waals surface area contributed by atoms with Crippen LogP contribution in [0.4, 0.5) is 0 Å². The minimum absolute atomic E-state index is 0.149. The Morgan fingerprint density at radius 3 is 3.19 bits per heavy atom. The van der Waals surface area contributed by atoms with Gasteiger partial charge in [0.1, 0.15) is 5.76 Å². The third-order valence-electron chi connectivity index (χ3n) is 1.83. The van der Waals surface area contributed by atoms with Crippen molar-refractivity contribution < 1.29 is 9.21 Å². The summed E-state index contributed by atoms with van der Waals surface area (Å²) in [6, 6.07) is 3.57. The normalized spacial score (nSPS) is 20.4. The molecule has 1 aromatic heterocycles. The van der Waals surface area contributed by atoms with Crippen molar-refractivity contribution in [3.8, 4) is 0 Å². The largest absolute Gasteiger partial charge is 0.465 e. The summed E-state index contributed by atoms with van der Waals surface area (Å²) in [5.74, 6) is 0.506. The lowest BCUT2D eigenvalue weighted by Crippen LogP contribution is -2.19. The summed E-state index contributed by atoms with van der Waals surface area (Å²) in [6.45, 7) is 4.06. The number of amides is 1. The number of amidine groups is 1. The molecule has 82 valence electrons. The molecule has 1 aromatic rings. The Kier molecular flexibility index (Phi) is 3.26. The zero-order chi connectivity index (χ0) is 11.4. The number of hydrogen-bond donors (Lipinski definition) is 1. The predicted molar refractivity (Wildman–Crippen MR) is 64.9 cm³/mol. The molecule has 1 saturated heterocycles. The van der Waals surface area contributed by atoms with E-state index >= 15 is 0 Å². The molecule has 2 rings (SSSR count). The quantitative estimate of drug-likeness (QED) is 0.643. The third kappa shape index (κ3) is 2.43. The van der Waals surface area contributed by atoms with Crippen LogP contribution >= 0.6 is 11.8 Å². The van der Waals surface area contributed by atoms with Crippen LogP contribution in [0.2, 0.25) is 0 Å². The van der Waals surface area contributed by atoms with Gasteiger partial charge < -0.3 is 9.73 Å². The monoisotopic (exact) mass is 234 g/mol. The van der Waals surface area contributed by atoms with Crippen molar-refractivity contribution in [2.45, 2.75) is 0 Å². The summed E-state index contributed by atoms with van der Waals surface area (Å²) in [6.07, 6.45) is 4.93. The van der Waals surface area contributed by atoms with Gasteiger partial charge in [0, 0.05) is 6.08 Å². The van der Waals surface area contributed by atoms with E-state index in [4.69, 9.17) is 4.42 Å². The van der Waals surface area contributed by atoms with Gasteiger partial charge in [0.15, 0.2) is 5.17 Å². The molecule has 4 nitrogen and oxygen atoms in total. The Hall–Kier alpha value is -1.75. The standard InChI is InChI=1S/C11H10N2O2S/c1-2-5-12-11-13-10(14)9(16-11)7-8-4-3-6-15-8/h2-4,6-7H,1,5H2,(H,12,13,14)/b9-7-. The lowest BCUT2D eigenvalue weighted by molar-refractivity contribution is -0.115. The van der Waals surface area contributed by atoms with E-state index in [1.54, 1.807) is 30.5 Å². The minimum atomic E-state index is -0.149. The number of nitrogens with one attached hydrogen (secondary N) is 1. The lowest BCUT2D eigenvalue weighted by atomic mass is 10.4. The van der Waals surface area contributed by atoms with Crippen molar-refractivity contribution in [1.29, 1.82) is 0 Å². The second-order valence-electron chi connectivity index (χ2n) is 3.01. The first kappa shape index (κ1) is 10.8. The first-order valence-electron chi connectivity index (χ1n) is 4.69. The van der Waals surface area contributed by atoms with Crippen LogP contribution in [0.3, 0.4) is 0 Å². The van der Waals surface area contributed by atoms with E-state index in [2.05, 4.69) is 16.9 Å². The number of nitrogens with zero attached hydrogens (tertiary/aromatic N) is 1. The summed E-state index contributed by atoms with van der Waals surface area (Å²) in [5, 5.41) is 3.27. The fourth-order valence-corrected chi connectivity index (χ4v) is 1.96. The molecule has 0 atom stereocenters. The van der Waals surface area contributed by atoms with Gasteiger partial charge in [0.2, 0.25) is 0 Å². The van der Waals surface area contributed by atoms with Gasteiger partial charge in [-0.1, -0.05) is 6.08 Å². The Bertz CT molecular complexity index is 460. The highest BCUT2D eigenvalue weighted by Crippen LogP contribution is 2.25. The molecule has 1 amide bonds. The number of carbonyl (C=O) groups excluding carboxylic acids is 1. The van der Waals surface area contributed by atoms with Crippen LogP contribution < -0.4 is 5.32 Å². The summed E-state index contributed by atoms with van der Waals surface area (Å²) in [5.41, 5.74) is 0. The SMILES string of the molecule is C=CCN=C1NC(=O)/C(=C/c2ccco2)S1. The van der Waals surface area contributed by atoms with Gasteiger partial charge in [-0.05, 0) is 23.9 Å². The van der Waals surface area contributed by atoms with Gasteiger partial charge >= 0.3 is 0 Å². The Morgan fingerprint density at radius 2 is 2.50 bits per heavy atom. The molecular weight excluding hydrogens is 224 g/mol. The van der Waals surface area contributed by atoms with Gasteiger partial charge in [-0.25, -0.2) is 0 Å². The molecule has 1 aliphatic heterocycles. The lowest BCUT2D eigenvalue weighted by Gasteiger charge is -1.90. The Morgan fingerprint density at radius 1 is 1.62 bits per heavy atom. The summed E-state index contributed by atoms with van der Waals surface area (Å²) in [4.78, 5) is 16.2. The maximum Gasteiger partial charge on any atom is 0.264 e. The molecule has 1 N–H and O–H groups in total. The molecule has 2 heterocycles. The van der Waals surface area contributed by atoms with E-state index in [1.807, 2.05) is 0 Å². The molecule has 0 saturated carbocycles. The summed E-state index contributed by atoms with van der Waals surface area (Å²) >= 11 is 1.30. The maximum atomic E-state index is 11.5. The van der Waals surface area contributed by atoms with Crippen molar-refractivity contribution in [3.05, 3.63) is 41.7 Å². The van der Waals surface area contributed by atoms with E-state index < -0.39 is 0 Å². The van der Waals surface area contributed by atoms with Crippen molar-refractivity contribution in [2.75, 3.05) is 6.54 Å². The second kappa shape index (κ2) is 4.85. The second-order valence-corrected chi connectivity index (χ2v) is 4.05. The van der Waals surface area contributed by atoms with Crippen molar-refractivity contribution >= 4 is 28.9 Å². The van der Waals surface area contributed by atoms with Gasteiger partial charge in [-0.2, -0.15) is 0 Å². The smallest absolute Gasteiger partial charge is 0.264 e. The molecule has 1 aliphatic rings. The van der Waals surface area contributed by atoms with Crippen LogP contribution in [-0.2, 0) is 4.79 Å². The summed E-state index contributed by atoms with van der Waals surface area (Å²) in [7, 11) is 0. The first-order chi connectivity index (χ1) is 7.79. The Labute approximate surface area is 97.1 Å². The average Bonchev–Trinajstić information content (AvgIpc) is 2.87. The van der Waals surface area contributed by atoms with Crippen LogP contribution in [0, 0.1) is 0 Å². The van der Waals surface area contributed by atoms with Crippen molar-refractivity contribution in [3.63, 3.8) is 0 Å². The number of hydrogen-bond acceptors (Lipinski definition) is 4. The molecule has 1 fully saturated rings. The van der Waals surface area contributed by atoms with Crippen LogP contribution in [0.5, 0.6) is 0 Å². The van der Waals surface area contributed by atoms with Crippen LogP contribution in [-0.4, -0.2) is 17.6 Å². The highest BCUT2D eigenvalue weighted by Gasteiger charge is 2.23. The van der Waals surface area contributed by atoms with Gasteiger partial charge in [-0.3, -0.25) is 9.79 Å². The average molecular weight is 234 g/mol. The molecular formula is C11H10N2O2S. The zero-order valence-electron chi connectivity index (χ0n) is 8.47. The van der Waals surface area contributed by atoms with Crippen molar-refractivity contribution in [1.82, 2.24) is 5.32 Å². The van der Waals surface area contributed by atoms with Gasteiger partial charge in [0.25, 0.3) is 5.91 Å². The summed E-state index contributed by atoms with van der Waals surface area (Å²) < 4.78 is 5.13. The molecule has 16 heavy (non-hydrogen) atoms. The number of thioether (sulfide) groups is 1. The van der Waals surface area contributed by atoms with E-state index in [1.165, 1.54) is 11.8 Å². The van der Waals surface area contributed by atoms with Crippen LogP contribution in [0.1, 0.15) is 5.76 Å². The molecule has 0 spiro atoms. The highest BCUT2D eigenvalue weighted by molar-refractivity contribution is 8.18. The number of rotatable bonds is 3. The van der Waals surface area contributed by atoms with E-state index in [9.17, 15) is 4.79 Å². The molecule has 0 bridgehead atoms. The topological polar surface area (TPSA) is 54.6 Å². The number of aliphatic imine (C=N–C) groups is 1. The molecule has 0 aliphatic carbocycles. The zero-order valence-corrected chi connectivity index (χ0v) is 9.29. The molecule has 0 aromatic carbocycles. The molecule has 5 heteroatoms. The third-order valence-corrected chi connectivity index (χ3v) is 2.78. The molecule has 0 unspecified atom stereocenters. The minimum Gasteiger partial charge on any atom is -0.465 e. The number of furan rings is 1. The highest BCUT2D eigenvalue weighted by atomic mass is 32.2. The van der Waals surface area contributed by atoms with Crippen molar-refractivity contribution in [2.24, 2.45) is 4.99 Å². The molecule has 0 radical (unpaired) electrons. The van der Waals surface area contributed by atoms with E-state index in [-0.39, 0.29) is 5.91 Å².